The Morgan fingerprint density at radius 1 is 1.05 bits per heavy atom. The molecular formula is C15H14Br2FN. The van der Waals surface area contributed by atoms with E-state index in [4.69, 9.17) is 0 Å². The van der Waals surface area contributed by atoms with Gasteiger partial charge in [-0.1, -0.05) is 44.0 Å². The summed E-state index contributed by atoms with van der Waals surface area (Å²) in [6.45, 7) is 1.99. The van der Waals surface area contributed by atoms with Crippen molar-refractivity contribution in [3.05, 3.63) is 67.9 Å². The van der Waals surface area contributed by atoms with Crippen LogP contribution in [0, 0.1) is 12.7 Å². The topological polar surface area (TPSA) is 12.0 Å². The van der Waals surface area contributed by atoms with Crippen LogP contribution in [-0.2, 0) is 0 Å². The Morgan fingerprint density at radius 2 is 1.79 bits per heavy atom. The fraction of sp³-hybridized carbons (Fsp3) is 0.200. The highest BCUT2D eigenvalue weighted by Gasteiger charge is 2.17. The van der Waals surface area contributed by atoms with Crippen molar-refractivity contribution >= 4 is 31.9 Å². The zero-order valence-electron chi connectivity index (χ0n) is 10.7. The first-order chi connectivity index (χ1) is 9.02. The smallest absolute Gasteiger partial charge is 0.123 e. The second kappa shape index (κ2) is 6.16. The van der Waals surface area contributed by atoms with Gasteiger partial charge in [-0.25, -0.2) is 4.39 Å². The number of rotatable bonds is 3. The Labute approximate surface area is 129 Å². The highest BCUT2D eigenvalue weighted by Crippen LogP contribution is 2.32. The first kappa shape index (κ1) is 14.7. The maximum Gasteiger partial charge on any atom is 0.123 e. The molecule has 0 aromatic heterocycles. The summed E-state index contributed by atoms with van der Waals surface area (Å²) in [5, 5.41) is 3.25. The average molecular weight is 387 g/mol. The van der Waals surface area contributed by atoms with Gasteiger partial charge in [-0.05, 0) is 54.9 Å². The van der Waals surface area contributed by atoms with E-state index in [0.717, 1.165) is 25.6 Å². The van der Waals surface area contributed by atoms with E-state index < -0.39 is 0 Å². The van der Waals surface area contributed by atoms with Crippen LogP contribution in [0.1, 0.15) is 22.7 Å². The van der Waals surface area contributed by atoms with Crippen LogP contribution >= 0.6 is 31.9 Å². The van der Waals surface area contributed by atoms with Gasteiger partial charge in [0.2, 0.25) is 0 Å². The molecular weight excluding hydrogens is 373 g/mol. The molecule has 0 bridgehead atoms. The lowest BCUT2D eigenvalue weighted by Gasteiger charge is -2.21. The molecule has 1 N–H and O–H groups in total. The third-order valence-electron chi connectivity index (χ3n) is 3.11. The molecule has 0 radical (unpaired) electrons. The Hall–Kier alpha value is -0.710. The molecule has 0 fully saturated rings. The van der Waals surface area contributed by atoms with E-state index in [1.54, 1.807) is 6.07 Å². The molecule has 0 aliphatic heterocycles. The minimum Gasteiger partial charge on any atom is -0.309 e. The summed E-state index contributed by atoms with van der Waals surface area (Å²) in [5.41, 5.74) is 3.10. The SMILES string of the molecule is CNC(c1cc(F)ccc1C)c1ccc(Br)cc1Br. The van der Waals surface area contributed by atoms with Crippen molar-refractivity contribution < 1.29 is 4.39 Å². The molecule has 0 heterocycles. The molecule has 100 valence electrons. The second-order valence-electron chi connectivity index (χ2n) is 4.39. The second-order valence-corrected chi connectivity index (χ2v) is 6.16. The highest BCUT2D eigenvalue weighted by atomic mass is 79.9. The van der Waals surface area contributed by atoms with Gasteiger partial charge in [-0.2, -0.15) is 0 Å². The molecule has 2 rings (SSSR count). The van der Waals surface area contributed by atoms with Crippen molar-refractivity contribution in [3.8, 4) is 0 Å². The minimum absolute atomic E-state index is 0.0434. The van der Waals surface area contributed by atoms with E-state index in [2.05, 4.69) is 37.2 Å². The van der Waals surface area contributed by atoms with Crippen LogP contribution in [0.3, 0.4) is 0 Å². The first-order valence-corrected chi connectivity index (χ1v) is 7.50. The molecule has 2 aromatic rings. The number of benzene rings is 2. The van der Waals surface area contributed by atoms with Gasteiger partial charge in [-0.15, -0.1) is 0 Å². The number of hydrogen-bond donors (Lipinski definition) is 1. The fourth-order valence-corrected chi connectivity index (χ4v) is 3.41. The van der Waals surface area contributed by atoms with Crippen molar-refractivity contribution in [3.63, 3.8) is 0 Å². The van der Waals surface area contributed by atoms with Gasteiger partial charge in [-0.3, -0.25) is 0 Å². The molecule has 0 saturated carbocycles. The summed E-state index contributed by atoms with van der Waals surface area (Å²) in [7, 11) is 1.88. The molecule has 0 aliphatic carbocycles. The predicted molar refractivity (Wildman–Crippen MR) is 83.9 cm³/mol. The standard InChI is InChI=1S/C15H14Br2FN/c1-9-3-5-11(18)8-13(9)15(19-2)12-6-4-10(16)7-14(12)17/h3-8,15,19H,1-2H3. The van der Waals surface area contributed by atoms with Gasteiger partial charge in [0.15, 0.2) is 0 Å². The zero-order valence-corrected chi connectivity index (χ0v) is 13.8. The van der Waals surface area contributed by atoms with E-state index in [0.29, 0.717) is 0 Å². The molecule has 0 spiro atoms. The molecule has 1 nitrogen and oxygen atoms in total. The van der Waals surface area contributed by atoms with Crippen LogP contribution in [0.5, 0.6) is 0 Å². The summed E-state index contributed by atoms with van der Waals surface area (Å²) in [5.74, 6) is -0.214. The lowest BCUT2D eigenvalue weighted by atomic mass is 9.95. The molecule has 1 atom stereocenters. The maximum absolute atomic E-state index is 13.5. The normalized spacial score (nSPS) is 12.5. The third-order valence-corrected chi connectivity index (χ3v) is 4.29. The fourth-order valence-electron chi connectivity index (χ4n) is 2.14. The number of aryl methyl sites for hydroxylation is 1. The van der Waals surface area contributed by atoms with Crippen LogP contribution in [-0.4, -0.2) is 7.05 Å². The summed E-state index contributed by atoms with van der Waals surface area (Å²) in [4.78, 5) is 0. The van der Waals surface area contributed by atoms with Gasteiger partial charge in [0.25, 0.3) is 0 Å². The van der Waals surface area contributed by atoms with Gasteiger partial charge in [0, 0.05) is 8.95 Å². The zero-order chi connectivity index (χ0) is 14.0. The van der Waals surface area contributed by atoms with Crippen LogP contribution in [0.4, 0.5) is 4.39 Å². The minimum atomic E-state index is -0.214. The first-order valence-electron chi connectivity index (χ1n) is 5.91. The lowest BCUT2D eigenvalue weighted by molar-refractivity contribution is 0.614. The van der Waals surface area contributed by atoms with Crippen molar-refractivity contribution in [2.24, 2.45) is 0 Å². The van der Waals surface area contributed by atoms with Crippen molar-refractivity contribution in [1.82, 2.24) is 5.32 Å². The van der Waals surface area contributed by atoms with E-state index >= 15 is 0 Å². The number of hydrogen-bond acceptors (Lipinski definition) is 1. The monoisotopic (exact) mass is 385 g/mol. The molecule has 0 amide bonds. The average Bonchev–Trinajstić information content (AvgIpc) is 2.36. The van der Waals surface area contributed by atoms with Gasteiger partial charge in [0.05, 0.1) is 6.04 Å². The molecule has 0 saturated heterocycles. The molecule has 1 unspecified atom stereocenters. The molecule has 19 heavy (non-hydrogen) atoms. The van der Waals surface area contributed by atoms with Gasteiger partial charge in [0.1, 0.15) is 5.82 Å². The van der Waals surface area contributed by atoms with Gasteiger partial charge < -0.3 is 5.32 Å². The number of halogens is 3. The maximum atomic E-state index is 13.5. The molecule has 2 aromatic carbocycles. The van der Waals surface area contributed by atoms with Crippen molar-refractivity contribution in [1.29, 1.82) is 0 Å². The summed E-state index contributed by atoms with van der Waals surface area (Å²) in [6.07, 6.45) is 0. The van der Waals surface area contributed by atoms with E-state index in [-0.39, 0.29) is 11.9 Å². The largest absolute Gasteiger partial charge is 0.309 e. The summed E-state index contributed by atoms with van der Waals surface area (Å²) < 4.78 is 15.5. The highest BCUT2D eigenvalue weighted by molar-refractivity contribution is 9.11. The van der Waals surface area contributed by atoms with E-state index in [9.17, 15) is 4.39 Å². The lowest BCUT2D eigenvalue weighted by Crippen LogP contribution is -2.19. The van der Waals surface area contributed by atoms with Crippen molar-refractivity contribution in [2.75, 3.05) is 7.05 Å². The molecule has 0 aliphatic rings. The van der Waals surface area contributed by atoms with Crippen LogP contribution in [0.2, 0.25) is 0 Å². The Bertz CT molecular complexity index is 599. The quantitative estimate of drug-likeness (QED) is 0.785. The predicted octanol–water partition coefficient (Wildman–Crippen LogP) is 4.97. The van der Waals surface area contributed by atoms with Crippen molar-refractivity contribution in [2.45, 2.75) is 13.0 Å². The van der Waals surface area contributed by atoms with E-state index in [1.807, 2.05) is 38.2 Å². The molecule has 4 heteroatoms. The van der Waals surface area contributed by atoms with E-state index in [1.165, 1.54) is 6.07 Å². The summed E-state index contributed by atoms with van der Waals surface area (Å²) in [6, 6.07) is 10.8. The van der Waals surface area contributed by atoms with Crippen LogP contribution in [0.15, 0.2) is 45.3 Å². The Balaban J connectivity index is 2.52. The van der Waals surface area contributed by atoms with Crippen LogP contribution in [0.25, 0.3) is 0 Å². The third kappa shape index (κ3) is 3.25. The van der Waals surface area contributed by atoms with Gasteiger partial charge >= 0.3 is 0 Å². The van der Waals surface area contributed by atoms with Crippen LogP contribution < -0.4 is 5.32 Å². The Morgan fingerprint density at radius 3 is 2.42 bits per heavy atom. The number of nitrogens with one attached hydrogen (secondary N) is 1. The Kier molecular flexibility index (Phi) is 4.76. The summed E-state index contributed by atoms with van der Waals surface area (Å²) >= 11 is 7.00.